The Morgan fingerprint density at radius 3 is 1.94 bits per heavy atom. The molecule has 4 aromatic rings. The summed E-state index contributed by atoms with van der Waals surface area (Å²) in [6, 6.07) is 25.4. The van der Waals surface area contributed by atoms with Crippen molar-refractivity contribution in [2.45, 2.75) is 25.0 Å². The molecule has 8 heteroatoms. The van der Waals surface area contributed by atoms with Crippen LogP contribution in [0.1, 0.15) is 16.7 Å². The van der Waals surface area contributed by atoms with E-state index in [9.17, 15) is 8.42 Å². The number of hydrogen-bond acceptors (Lipinski definition) is 7. The number of rotatable bonds is 9. The van der Waals surface area contributed by atoms with Gasteiger partial charge in [0.15, 0.2) is 0 Å². The van der Waals surface area contributed by atoms with Crippen molar-refractivity contribution in [3.63, 3.8) is 0 Å². The van der Waals surface area contributed by atoms with Crippen molar-refractivity contribution < 1.29 is 22.1 Å². The monoisotopic (exact) mass is 462 g/mol. The van der Waals surface area contributed by atoms with E-state index in [0.717, 1.165) is 16.7 Å². The maximum Gasteiger partial charge on any atom is 0.339 e. The molecule has 0 fully saturated rings. The number of aromatic nitrogens is 2. The van der Waals surface area contributed by atoms with Gasteiger partial charge in [-0.2, -0.15) is 18.4 Å². The number of ether oxygens (including phenoxy) is 2. The smallest absolute Gasteiger partial charge is 0.339 e. The summed E-state index contributed by atoms with van der Waals surface area (Å²) in [5.74, 6) is -0.161. The third-order valence-corrected chi connectivity index (χ3v) is 5.89. The summed E-state index contributed by atoms with van der Waals surface area (Å²) < 4.78 is 42.3. The number of hydrogen-bond donors (Lipinski definition) is 0. The van der Waals surface area contributed by atoms with Crippen LogP contribution in [0.2, 0.25) is 0 Å². The third kappa shape index (κ3) is 6.08. The van der Waals surface area contributed by atoms with Crippen LogP contribution in [-0.2, 0) is 23.3 Å². The van der Waals surface area contributed by atoms with Crippen molar-refractivity contribution in [2.75, 3.05) is 0 Å². The molecule has 0 N–H and O–H groups in total. The summed E-state index contributed by atoms with van der Waals surface area (Å²) >= 11 is 0. The maximum absolute atomic E-state index is 12.8. The van der Waals surface area contributed by atoms with E-state index in [1.807, 2.05) is 67.6 Å². The van der Waals surface area contributed by atoms with Gasteiger partial charge in [-0.15, -0.1) is 0 Å². The molecule has 0 aliphatic rings. The molecule has 0 bridgehead atoms. The third-order valence-electron chi connectivity index (χ3n) is 4.64. The van der Waals surface area contributed by atoms with Crippen LogP contribution in [-0.4, -0.2) is 18.4 Å². The first-order chi connectivity index (χ1) is 16.0. The van der Waals surface area contributed by atoms with E-state index in [1.54, 1.807) is 12.1 Å². The predicted molar refractivity (Wildman–Crippen MR) is 123 cm³/mol. The first-order valence-corrected chi connectivity index (χ1v) is 11.6. The van der Waals surface area contributed by atoms with Crippen LogP contribution in [0.25, 0.3) is 0 Å². The Balaban J connectivity index is 1.57. The Kier molecular flexibility index (Phi) is 6.85. The molecule has 4 rings (SSSR count). The molecule has 168 valence electrons. The molecule has 0 radical (unpaired) electrons. The highest BCUT2D eigenvalue weighted by molar-refractivity contribution is 7.87. The first-order valence-electron chi connectivity index (χ1n) is 10.2. The molecule has 0 spiro atoms. The van der Waals surface area contributed by atoms with Gasteiger partial charge in [0.1, 0.15) is 18.1 Å². The lowest BCUT2D eigenvalue weighted by atomic mass is 10.2. The molecule has 0 aliphatic heterocycles. The molecule has 0 aliphatic carbocycles. The quantitative estimate of drug-likeness (QED) is 0.333. The van der Waals surface area contributed by atoms with Crippen molar-refractivity contribution in [2.24, 2.45) is 0 Å². The normalized spacial score (nSPS) is 11.1. The molecule has 0 saturated heterocycles. The Labute approximate surface area is 192 Å². The van der Waals surface area contributed by atoms with Crippen LogP contribution in [0.3, 0.4) is 0 Å². The average molecular weight is 463 g/mol. The molecule has 3 aromatic carbocycles. The van der Waals surface area contributed by atoms with Crippen LogP contribution in [0.5, 0.6) is 17.6 Å². The van der Waals surface area contributed by atoms with Crippen molar-refractivity contribution in [1.82, 2.24) is 9.97 Å². The van der Waals surface area contributed by atoms with Crippen LogP contribution in [0.4, 0.5) is 0 Å². The first kappa shape index (κ1) is 22.3. The minimum Gasteiger partial charge on any atom is -0.470 e. The zero-order chi connectivity index (χ0) is 23.1. The SMILES string of the molecule is Cc1ccc(S(=O)(=O)Oc2cnc(OCc3ccccc3)nc2OCc2ccccc2)cc1. The second-order valence-electron chi connectivity index (χ2n) is 7.22. The van der Waals surface area contributed by atoms with Crippen LogP contribution < -0.4 is 13.7 Å². The van der Waals surface area contributed by atoms with E-state index in [0.29, 0.717) is 0 Å². The van der Waals surface area contributed by atoms with Crippen LogP contribution in [0.15, 0.2) is 96.0 Å². The molecule has 1 heterocycles. The summed E-state index contributed by atoms with van der Waals surface area (Å²) in [7, 11) is -4.10. The van der Waals surface area contributed by atoms with Gasteiger partial charge in [0, 0.05) is 0 Å². The molecule has 33 heavy (non-hydrogen) atoms. The highest BCUT2D eigenvalue weighted by Crippen LogP contribution is 2.30. The minimum absolute atomic E-state index is 0.0199. The average Bonchev–Trinajstić information content (AvgIpc) is 2.84. The molecule has 7 nitrogen and oxygen atoms in total. The van der Waals surface area contributed by atoms with Crippen molar-refractivity contribution in [3.05, 3.63) is 108 Å². The Morgan fingerprint density at radius 1 is 0.758 bits per heavy atom. The van der Waals surface area contributed by atoms with E-state index in [-0.39, 0.29) is 35.7 Å². The number of nitrogens with zero attached hydrogens (tertiary/aromatic N) is 2. The van der Waals surface area contributed by atoms with Crippen LogP contribution in [0, 0.1) is 6.92 Å². The fraction of sp³-hybridized carbons (Fsp3) is 0.120. The highest BCUT2D eigenvalue weighted by atomic mass is 32.2. The van der Waals surface area contributed by atoms with E-state index in [1.165, 1.54) is 18.3 Å². The summed E-state index contributed by atoms with van der Waals surface area (Å²) in [5.41, 5.74) is 2.76. The van der Waals surface area contributed by atoms with Gasteiger partial charge < -0.3 is 13.7 Å². The van der Waals surface area contributed by atoms with Gasteiger partial charge in [-0.25, -0.2) is 0 Å². The van der Waals surface area contributed by atoms with Gasteiger partial charge in [0.2, 0.25) is 5.75 Å². The lowest BCUT2D eigenvalue weighted by Gasteiger charge is -2.13. The van der Waals surface area contributed by atoms with E-state index in [4.69, 9.17) is 13.7 Å². The van der Waals surface area contributed by atoms with Crippen molar-refractivity contribution in [3.8, 4) is 17.6 Å². The minimum atomic E-state index is -4.10. The lowest BCUT2D eigenvalue weighted by Crippen LogP contribution is -2.12. The Bertz CT molecular complexity index is 1300. The molecule has 0 unspecified atom stereocenters. The zero-order valence-electron chi connectivity index (χ0n) is 17.9. The Hall–Kier alpha value is -3.91. The summed E-state index contributed by atoms with van der Waals surface area (Å²) in [6.07, 6.45) is 1.24. The van der Waals surface area contributed by atoms with Gasteiger partial charge in [-0.05, 0) is 30.2 Å². The van der Waals surface area contributed by atoms with Gasteiger partial charge in [-0.1, -0.05) is 78.4 Å². The Morgan fingerprint density at radius 2 is 1.33 bits per heavy atom. The second kappa shape index (κ2) is 10.1. The number of benzene rings is 3. The highest BCUT2D eigenvalue weighted by Gasteiger charge is 2.21. The second-order valence-corrected chi connectivity index (χ2v) is 8.77. The fourth-order valence-corrected chi connectivity index (χ4v) is 3.81. The predicted octanol–water partition coefficient (Wildman–Crippen LogP) is 4.71. The van der Waals surface area contributed by atoms with Gasteiger partial charge >= 0.3 is 16.1 Å². The van der Waals surface area contributed by atoms with Crippen LogP contribution >= 0.6 is 0 Å². The van der Waals surface area contributed by atoms with Gasteiger partial charge in [0.05, 0.1) is 6.20 Å². The summed E-state index contributed by atoms with van der Waals surface area (Å²) in [6.45, 7) is 2.28. The van der Waals surface area contributed by atoms with Gasteiger partial charge in [-0.3, -0.25) is 0 Å². The molecule has 0 atom stereocenters. The van der Waals surface area contributed by atoms with Crippen molar-refractivity contribution in [1.29, 1.82) is 0 Å². The maximum atomic E-state index is 12.8. The van der Waals surface area contributed by atoms with Gasteiger partial charge in [0.25, 0.3) is 5.88 Å². The summed E-state index contributed by atoms with van der Waals surface area (Å²) in [5, 5.41) is 0. The van der Waals surface area contributed by atoms with E-state index >= 15 is 0 Å². The fourth-order valence-electron chi connectivity index (χ4n) is 2.89. The molecular formula is C25H22N2O5S. The molecule has 1 aromatic heterocycles. The standard InChI is InChI=1S/C25H22N2O5S/c1-19-12-14-22(15-13-19)33(28,29)32-23-16-26-25(31-18-21-10-6-3-7-11-21)27-24(23)30-17-20-8-4-2-5-9-20/h2-16H,17-18H2,1H3. The largest absolute Gasteiger partial charge is 0.470 e. The molecule has 0 amide bonds. The summed E-state index contributed by atoms with van der Waals surface area (Å²) in [4.78, 5) is 8.37. The lowest BCUT2D eigenvalue weighted by molar-refractivity contribution is 0.252. The number of aryl methyl sites for hydroxylation is 1. The van der Waals surface area contributed by atoms with E-state index in [2.05, 4.69) is 9.97 Å². The molecular weight excluding hydrogens is 440 g/mol. The zero-order valence-corrected chi connectivity index (χ0v) is 18.7. The van der Waals surface area contributed by atoms with E-state index < -0.39 is 10.1 Å². The molecule has 0 saturated carbocycles. The topological polar surface area (TPSA) is 87.6 Å². The van der Waals surface area contributed by atoms with Crippen molar-refractivity contribution >= 4 is 10.1 Å².